The standard InChI is InChI=1S/C26H27N3O3S2/c1-31-18-10-9-15(14-19(18)32-2)11-12-28-25(30)24-22(27)21-16-6-3-4-7-17(16)23(29-26(21)34-24)20-8-5-13-33-20/h5,8-10,13-14H,3-4,6-7,11-12,27H2,1-2H3,(H,28,30). The predicted molar refractivity (Wildman–Crippen MR) is 140 cm³/mol. The highest BCUT2D eigenvalue weighted by Gasteiger charge is 2.25. The molecular weight excluding hydrogens is 466 g/mol. The predicted octanol–water partition coefficient (Wildman–Crippen LogP) is 5.48. The lowest BCUT2D eigenvalue weighted by Gasteiger charge is -2.19. The fourth-order valence-corrected chi connectivity index (χ4v) is 6.42. The quantitative estimate of drug-likeness (QED) is 0.356. The van der Waals surface area contributed by atoms with Gasteiger partial charge in [-0.1, -0.05) is 12.1 Å². The smallest absolute Gasteiger partial charge is 0.263 e. The van der Waals surface area contributed by atoms with Crippen LogP contribution in [0.1, 0.15) is 39.2 Å². The average molecular weight is 494 g/mol. The minimum atomic E-state index is -0.150. The third-order valence-electron chi connectivity index (χ3n) is 6.30. The number of nitrogens with one attached hydrogen (secondary N) is 1. The van der Waals surface area contributed by atoms with Gasteiger partial charge in [-0.3, -0.25) is 4.79 Å². The fraction of sp³-hybridized carbons (Fsp3) is 0.308. The van der Waals surface area contributed by atoms with Crippen LogP contribution < -0.4 is 20.5 Å². The van der Waals surface area contributed by atoms with Gasteiger partial charge in [-0.25, -0.2) is 4.98 Å². The molecule has 0 radical (unpaired) electrons. The van der Waals surface area contributed by atoms with Crippen LogP contribution in [0.4, 0.5) is 5.69 Å². The molecule has 176 valence electrons. The molecule has 0 saturated heterocycles. The van der Waals surface area contributed by atoms with Gasteiger partial charge in [0.1, 0.15) is 9.71 Å². The molecule has 0 aliphatic heterocycles. The number of anilines is 1. The van der Waals surface area contributed by atoms with Crippen molar-refractivity contribution >= 4 is 44.5 Å². The van der Waals surface area contributed by atoms with E-state index in [4.69, 9.17) is 20.2 Å². The Kier molecular flexibility index (Phi) is 6.43. The first-order chi connectivity index (χ1) is 16.6. The minimum absolute atomic E-state index is 0.150. The van der Waals surface area contributed by atoms with Crippen molar-refractivity contribution in [2.75, 3.05) is 26.5 Å². The van der Waals surface area contributed by atoms with Crippen molar-refractivity contribution in [3.63, 3.8) is 0 Å². The minimum Gasteiger partial charge on any atom is -0.493 e. The highest BCUT2D eigenvalue weighted by molar-refractivity contribution is 7.21. The number of aromatic nitrogens is 1. The Hall–Kier alpha value is -3.10. The first-order valence-electron chi connectivity index (χ1n) is 11.4. The van der Waals surface area contributed by atoms with Crippen LogP contribution in [0.2, 0.25) is 0 Å². The number of carbonyl (C=O) groups is 1. The number of fused-ring (bicyclic) bond motifs is 3. The number of methoxy groups -OCH3 is 2. The summed E-state index contributed by atoms with van der Waals surface area (Å²) >= 11 is 3.10. The van der Waals surface area contributed by atoms with E-state index in [9.17, 15) is 4.79 Å². The van der Waals surface area contributed by atoms with Crippen molar-refractivity contribution in [3.05, 3.63) is 57.3 Å². The second-order valence-electron chi connectivity index (χ2n) is 8.32. The molecule has 3 aromatic heterocycles. The van der Waals surface area contributed by atoms with Gasteiger partial charge in [0.25, 0.3) is 5.91 Å². The molecule has 3 heterocycles. The number of carbonyl (C=O) groups excluding carboxylic acids is 1. The fourth-order valence-electron chi connectivity index (χ4n) is 4.64. The maximum atomic E-state index is 13.1. The van der Waals surface area contributed by atoms with Gasteiger partial charge in [0, 0.05) is 11.9 Å². The van der Waals surface area contributed by atoms with Gasteiger partial charge in [0.2, 0.25) is 0 Å². The largest absolute Gasteiger partial charge is 0.493 e. The summed E-state index contributed by atoms with van der Waals surface area (Å²) in [7, 11) is 3.23. The average Bonchev–Trinajstić information content (AvgIpc) is 3.51. The summed E-state index contributed by atoms with van der Waals surface area (Å²) in [5, 5.41) is 6.09. The van der Waals surface area contributed by atoms with E-state index in [0.29, 0.717) is 35.0 Å². The van der Waals surface area contributed by atoms with Gasteiger partial charge < -0.3 is 20.5 Å². The Morgan fingerprint density at radius 2 is 1.91 bits per heavy atom. The lowest BCUT2D eigenvalue weighted by Crippen LogP contribution is -2.25. The lowest BCUT2D eigenvalue weighted by atomic mass is 9.88. The van der Waals surface area contributed by atoms with E-state index in [1.54, 1.807) is 25.6 Å². The summed E-state index contributed by atoms with van der Waals surface area (Å²) < 4.78 is 10.7. The van der Waals surface area contributed by atoms with E-state index in [2.05, 4.69) is 22.8 Å². The maximum Gasteiger partial charge on any atom is 0.263 e. The van der Waals surface area contributed by atoms with Crippen LogP contribution in [0.15, 0.2) is 35.7 Å². The molecule has 1 aromatic carbocycles. The van der Waals surface area contributed by atoms with Crippen molar-refractivity contribution in [1.29, 1.82) is 0 Å². The number of nitrogen functional groups attached to an aromatic ring is 1. The number of hydrogen-bond acceptors (Lipinski definition) is 7. The number of amides is 1. The summed E-state index contributed by atoms with van der Waals surface area (Å²) in [5.41, 5.74) is 11.8. The third-order valence-corrected chi connectivity index (χ3v) is 8.28. The zero-order chi connectivity index (χ0) is 23.7. The Morgan fingerprint density at radius 1 is 1.12 bits per heavy atom. The van der Waals surface area contributed by atoms with Crippen LogP contribution in [0.5, 0.6) is 11.5 Å². The Balaban J connectivity index is 1.40. The molecule has 0 spiro atoms. The van der Waals surface area contributed by atoms with E-state index >= 15 is 0 Å². The number of benzene rings is 1. The van der Waals surface area contributed by atoms with E-state index in [-0.39, 0.29) is 5.91 Å². The topological polar surface area (TPSA) is 86.5 Å². The first-order valence-corrected chi connectivity index (χ1v) is 13.1. The Bertz CT molecular complexity index is 1350. The number of aryl methyl sites for hydroxylation is 1. The molecule has 0 saturated carbocycles. The Morgan fingerprint density at radius 3 is 2.65 bits per heavy atom. The van der Waals surface area contributed by atoms with Crippen LogP contribution in [0.3, 0.4) is 0 Å². The second kappa shape index (κ2) is 9.64. The van der Waals surface area contributed by atoms with Crippen molar-refractivity contribution < 1.29 is 14.3 Å². The monoisotopic (exact) mass is 493 g/mol. The molecule has 1 amide bonds. The van der Waals surface area contributed by atoms with Crippen molar-refractivity contribution in [1.82, 2.24) is 10.3 Å². The number of thiophene rings is 2. The van der Waals surface area contributed by atoms with Gasteiger partial charge >= 0.3 is 0 Å². The molecule has 0 unspecified atom stereocenters. The van der Waals surface area contributed by atoms with Crippen LogP contribution in [0.25, 0.3) is 20.8 Å². The summed E-state index contributed by atoms with van der Waals surface area (Å²) in [6.07, 6.45) is 4.96. The van der Waals surface area contributed by atoms with Crippen LogP contribution in [-0.2, 0) is 19.3 Å². The van der Waals surface area contributed by atoms with Crippen molar-refractivity contribution in [2.24, 2.45) is 0 Å². The zero-order valence-corrected chi connectivity index (χ0v) is 20.9. The van der Waals surface area contributed by atoms with Crippen LogP contribution in [0, 0.1) is 0 Å². The van der Waals surface area contributed by atoms with E-state index in [1.165, 1.54) is 27.3 Å². The number of rotatable bonds is 7. The second-order valence-corrected chi connectivity index (χ2v) is 10.3. The normalized spacial score (nSPS) is 13.0. The molecule has 34 heavy (non-hydrogen) atoms. The number of nitrogens with two attached hydrogens (primary N) is 1. The molecule has 0 atom stereocenters. The van der Waals surface area contributed by atoms with Gasteiger partial charge in [-0.2, -0.15) is 0 Å². The highest BCUT2D eigenvalue weighted by Crippen LogP contribution is 2.42. The summed E-state index contributed by atoms with van der Waals surface area (Å²) in [6.45, 7) is 0.494. The van der Waals surface area contributed by atoms with Crippen LogP contribution in [-0.4, -0.2) is 31.7 Å². The van der Waals surface area contributed by atoms with E-state index in [0.717, 1.165) is 47.2 Å². The zero-order valence-electron chi connectivity index (χ0n) is 19.3. The van der Waals surface area contributed by atoms with Gasteiger partial charge in [0.05, 0.1) is 30.5 Å². The number of pyridine rings is 1. The summed E-state index contributed by atoms with van der Waals surface area (Å²) in [4.78, 5) is 20.7. The van der Waals surface area contributed by atoms with Gasteiger partial charge in [0.15, 0.2) is 11.5 Å². The number of ether oxygens (including phenoxy) is 2. The maximum absolute atomic E-state index is 13.1. The molecule has 0 bridgehead atoms. The molecule has 1 aliphatic carbocycles. The third kappa shape index (κ3) is 4.12. The highest BCUT2D eigenvalue weighted by atomic mass is 32.1. The van der Waals surface area contributed by atoms with Crippen molar-refractivity contribution in [2.45, 2.75) is 32.1 Å². The van der Waals surface area contributed by atoms with Crippen LogP contribution >= 0.6 is 22.7 Å². The molecule has 3 N–H and O–H groups in total. The van der Waals surface area contributed by atoms with E-state index in [1.807, 2.05) is 18.2 Å². The number of hydrogen-bond donors (Lipinski definition) is 2. The Labute approximate surface area is 206 Å². The lowest BCUT2D eigenvalue weighted by molar-refractivity contribution is 0.0959. The molecule has 8 heteroatoms. The SMILES string of the molecule is COc1ccc(CCNC(=O)c2sc3nc(-c4cccs4)c4c(c3c2N)CCCC4)cc1OC. The van der Waals surface area contributed by atoms with Gasteiger partial charge in [-0.15, -0.1) is 22.7 Å². The molecule has 0 fully saturated rings. The molecule has 4 aromatic rings. The summed E-state index contributed by atoms with van der Waals surface area (Å²) in [5.74, 6) is 1.21. The van der Waals surface area contributed by atoms with Crippen molar-refractivity contribution in [3.8, 4) is 22.1 Å². The number of nitrogens with zero attached hydrogens (tertiary/aromatic N) is 1. The molecule has 5 rings (SSSR count). The molecule has 1 aliphatic rings. The van der Waals surface area contributed by atoms with E-state index < -0.39 is 0 Å². The first kappa shape index (κ1) is 22.7. The molecular formula is C26H27N3O3S2. The van der Waals surface area contributed by atoms with Gasteiger partial charge in [-0.05, 0) is 72.4 Å². The molecule has 6 nitrogen and oxygen atoms in total. The summed E-state index contributed by atoms with van der Waals surface area (Å²) in [6, 6.07) is 9.96.